The van der Waals surface area contributed by atoms with E-state index in [-0.39, 0.29) is 36.5 Å². The number of nitrogens with one attached hydrogen (secondary N) is 2. The zero-order chi connectivity index (χ0) is 18.3. The zero-order valence-electron chi connectivity index (χ0n) is 13.8. The van der Waals surface area contributed by atoms with Crippen molar-refractivity contribution >= 4 is 41.5 Å². The Bertz CT molecular complexity index is 723. The fraction of sp³-hybridized carbons (Fsp3) is 0.400. The molecule has 2 aromatic rings. The van der Waals surface area contributed by atoms with E-state index in [1.54, 1.807) is 18.2 Å². The maximum atomic E-state index is 12.1. The van der Waals surface area contributed by atoms with Gasteiger partial charge >= 0.3 is 6.18 Å². The molecule has 6 nitrogen and oxygen atoms in total. The number of hydrogen-bond donors (Lipinski definition) is 2. The molecule has 1 aromatic heterocycles. The molecule has 0 unspecified atom stereocenters. The fourth-order valence-electron chi connectivity index (χ4n) is 1.93. The molecular formula is C15H18ClF3IN5O. The highest BCUT2D eigenvalue weighted by atomic mass is 127. The smallest absolute Gasteiger partial charge is 0.356 e. The lowest BCUT2D eigenvalue weighted by atomic mass is 10.2. The third-order valence-corrected chi connectivity index (χ3v) is 3.34. The minimum absolute atomic E-state index is 0. The molecule has 1 heterocycles. The van der Waals surface area contributed by atoms with Crippen LogP contribution in [0.25, 0.3) is 11.4 Å². The van der Waals surface area contributed by atoms with Crippen molar-refractivity contribution in [2.24, 2.45) is 4.99 Å². The van der Waals surface area contributed by atoms with E-state index in [1.807, 2.05) is 6.07 Å². The van der Waals surface area contributed by atoms with Crippen LogP contribution < -0.4 is 10.6 Å². The summed E-state index contributed by atoms with van der Waals surface area (Å²) < 4.78 is 41.5. The van der Waals surface area contributed by atoms with E-state index in [1.165, 1.54) is 7.05 Å². The van der Waals surface area contributed by atoms with Gasteiger partial charge in [-0.3, -0.25) is 4.99 Å². The van der Waals surface area contributed by atoms with E-state index >= 15 is 0 Å². The molecule has 26 heavy (non-hydrogen) atoms. The Balaban J connectivity index is 0.00000338. The van der Waals surface area contributed by atoms with Gasteiger partial charge in [0.25, 0.3) is 0 Å². The predicted molar refractivity (Wildman–Crippen MR) is 104 cm³/mol. The molecule has 0 saturated carbocycles. The summed E-state index contributed by atoms with van der Waals surface area (Å²) >= 11 is 5.92. The molecule has 0 saturated heterocycles. The van der Waals surface area contributed by atoms with Gasteiger partial charge in [0.2, 0.25) is 11.7 Å². The molecule has 2 N–H and O–H groups in total. The molecule has 0 aliphatic heterocycles. The third-order valence-electron chi connectivity index (χ3n) is 3.11. The van der Waals surface area contributed by atoms with Gasteiger partial charge in [-0.2, -0.15) is 18.2 Å². The largest absolute Gasteiger partial charge is 0.390 e. The summed E-state index contributed by atoms with van der Waals surface area (Å²) in [5.74, 6) is 1.09. The van der Waals surface area contributed by atoms with Gasteiger partial charge in [-0.25, -0.2) is 0 Å². The summed E-state index contributed by atoms with van der Waals surface area (Å²) in [6, 6.07) is 7.06. The normalized spacial score (nSPS) is 11.8. The first-order valence-corrected chi connectivity index (χ1v) is 7.85. The maximum absolute atomic E-state index is 12.1. The van der Waals surface area contributed by atoms with Gasteiger partial charge in [0.05, 0.1) is 6.42 Å². The molecule has 0 fully saturated rings. The van der Waals surface area contributed by atoms with Crippen LogP contribution in [-0.4, -0.2) is 42.4 Å². The molecule has 0 atom stereocenters. The number of benzene rings is 1. The van der Waals surface area contributed by atoms with Gasteiger partial charge in [0, 0.05) is 37.1 Å². The van der Waals surface area contributed by atoms with Crippen LogP contribution >= 0.6 is 35.6 Å². The van der Waals surface area contributed by atoms with Crippen LogP contribution in [0.2, 0.25) is 5.02 Å². The van der Waals surface area contributed by atoms with Crippen LogP contribution in [0, 0.1) is 0 Å². The Kier molecular flexibility index (Phi) is 9.13. The zero-order valence-corrected chi connectivity index (χ0v) is 16.9. The van der Waals surface area contributed by atoms with Crippen LogP contribution in [0.3, 0.4) is 0 Å². The van der Waals surface area contributed by atoms with Gasteiger partial charge < -0.3 is 15.2 Å². The molecule has 0 aliphatic rings. The van der Waals surface area contributed by atoms with Crippen molar-refractivity contribution in [3.05, 3.63) is 35.2 Å². The molecule has 0 amide bonds. The Morgan fingerprint density at radius 2 is 2.00 bits per heavy atom. The first kappa shape index (κ1) is 22.5. The SMILES string of the molecule is CN=C(NCCc1nc(-c2cccc(Cl)c2)no1)NCCC(F)(F)F.I. The molecule has 11 heteroatoms. The Labute approximate surface area is 170 Å². The van der Waals surface area contributed by atoms with Crippen LogP contribution in [0.5, 0.6) is 0 Å². The minimum Gasteiger partial charge on any atom is -0.356 e. The lowest BCUT2D eigenvalue weighted by molar-refractivity contribution is -0.132. The Morgan fingerprint density at radius 1 is 1.27 bits per heavy atom. The average molecular weight is 504 g/mol. The number of guanidine groups is 1. The van der Waals surface area contributed by atoms with Gasteiger partial charge in [-0.15, -0.1) is 24.0 Å². The summed E-state index contributed by atoms with van der Waals surface area (Å²) in [6.07, 6.45) is -4.74. The van der Waals surface area contributed by atoms with Crippen molar-refractivity contribution < 1.29 is 17.7 Å². The van der Waals surface area contributed by atoms with Crippen molar-refractivity contribution in [2.45, 2.75) is 19.0 Å². The van der Waals surface area contributed by atoms with Crippen molar-refractivity contribution in [3.8, 4) is 11.4 Å². The van der Waals surface area contributed by atoms with Gasteiger partial charge in [-0.1, -0.05) is 28.9 Å². The predicted octanol–water partition coefficient (Wildman–Crippen LogP) is 3.67. The lowest BCUT2D eigenvalue weighted by Gasteiger charge is -2.12. The van der Waals surface area contributed by atoms with E-state index < -0.39 is 12.6 Å². The third kappa shape index (κ3) is 7.77. The molecule has 2 rings (SSSR count). The molecule has 0 spiro atoms. The Morgan fingerprint density at radius 3 is 2.65 bits per heavy atom. The molecule has 1 aromatic carbocycles. The second-order valence-electron chi connectivity index (χ2n) is 5.06. The molecule has 0 aliphatic carbocycles. The topological polar surface area (TPSA) is 75.3 Å². The van der Waals surface area contributed by atoms with Crippen LogP contribution in [0.15, 0.2) is 33.8 Å². The number of alkyl halides is 3. The number of aromatic nitrogens is 2. The van der Waals surface area contributed by atoms with E-state index in [2.05, 4.69) is 25.8 Å². The summed E-state index contributed by atoms with van der Waals surface area (Å²) in [5.41, 5.74) is 0.736. The fourth-order valence-corrected chi connectivity index (χ4v) is 2.12. The van der Waals surface area contributed by atoms with Crippen molar-refractivity contribution in [2.75, 3.05) is 20.1 Å². The monoisotopic (exact) mass is 503 g/mol. The van der Waals surface area contributed by atoms with Crippen molar-refractivity contribution in [1.29, 1.82) is 0 Å². The number of aliphatic imine (C=N–C) groups is 1. The van der Waals surface area contributed by atoms with E-state index in [4.69, 9.17) is 16.1 Å². The lowest BCUT2D eigenvalue weighted by Crippen LogP contribution is -2.39. The van der Waals surface area contributed by atoms with Crippen molar-refractivity contribution in [1.82, 2.24) is 20.8 Å². The summed E-state index contributed by atoms with van der Waals surface area (Å²) in [4.78, 5) is 8.10. The standard InChI is InChI=1S/C15H17ClF3N5O.HI/c1-20-14(22-8-6-15(17,18)19)21-7-5-12-23-13(24-25-12)10-3-2-4-11(16)9-10;/h2-4,9H,5-8H2,1H3,(H2,20,21,22);1H. The quantitative estimate of drug-likeness (QED) is 0.358. The number of halogens is 5. The summed E-state index contributed by atoms with van der Waals surface area (Å²) in [6.45, 7) is 0.130. The first-order valence-electron chi connectivity index (χ1n) is 7.47. The molecule has 144 valence electrons. The Hall–Kier alpha value is -1.56. The maximum Gasteiger partial charge on any atom is 0.390 e. The van der Waals surface area contributed by atoms with Gasteiger partial charge in [0.15, 0.2) is 5.96 Å². The van der Waals surface area contributed by atoms with Crippen LogP contribution in [-0.2, 0) is 6.42 Å². The number of nitrogens with zero attached hydrogens (tertiary/aromatic N) is 3. The van der Waals surface area contributed by atoms with Crippen molar-refractivity contribution in [3.63, 3.8) is 0 Å². The first-order chi connectivity index (χ1) is 11.9. The van der Waals surface area contributed by atoms with Gasteiger partial charge in [-0.05, 0) is 12.1 Å². The van der Waals surface area contributed by atoms with Crippen LogP contribution in [0.1, 0.15) is 12.3 Å². The average Bonchev–Trinajstić information content (AvgIpc) is 3.01. The van der Waals surface area contributed by atoms with Crippen LogP contribution in [0.4, 0.5) is 13.2 Å². The molecule has 0 radical (unpaired) electrons. The van der Waals surface area contributed by atoms with E-state index in [9.17, 15) is 13.2 Å². The molecular weight excluding hydrogens is 486 g/mol. The van der Waals surface area contributed by atoms with E-state index in [0.29, 0.717) is 29.7 Å². The summed E-state index contributed by atoms with van der Waals surface area (Å²) in [5, 5.41) is 9.92. The number of hydrogen-bond acceptors (Lipinski definition) is 4. The van der Waals surface area contributed by atoms with E-state index in [0.717, 1.165) is 5.56 Å². The highest BCUT2D eigenvalue weighted by Crippen LogP contribution is 2.20. The number of rotatable bonds is 6. The highest BCUT2D eigenvalue weighted by molar-refractivity contribution is 14.0. The highest BCUT2D eigenvalue weighted by Gasteiger charge is 2.26. The van der Waals surface area contributed by atoms with Gasteiger partial charge in [0.1, 0.15) is 0 Å². The second-order valence-corrected chi connectivity index (χ2v) is 5.50. The molecule has 0 bridgehead atoms. The summed E-state index contributed by atoms with van der Waals surface area (Å²) in [7, 11) is 1.48. The second kappa shape index (κ2) is 10.6. The minimum atomic E-state index is -4.20.